The molecule has 1 atom stereocenters. The SMILES string of the molecule is O=C(COCc1nc2ccccc2[nH]1)N1CCC[C@@H]1c1ncc2c(n1)CCNC2. The molecule has 2 aliphatic rings. The van der Waals surface area contributed by atoms with Gasteiger partial charge in [0.05, 0.1) is 17.1 Å². The van der Waals surface area contributed by atoms with Gasteiger partial charge in [-0.15, -0.1) is 0 Å². The fourth-order valence-electron chi connectivity index (χ4n) is 4.14. The molecule has 4 heterocycles. The minimum atomic E-state index is -0.0579. The van der Waals surface area contributed by atoms with Gasteiger partial charge >= 0.3 is 0 Å². The van der Waals surface area contributed by atoms with Gasteiger partial charge in [0.25, 0.3) is 0 Å². The van der Waals surface area contributed by atoms with Crippen LogP contribution in [-0.4, -0.2) is 50.4 Å². The fourth-order valence-corrected chi connectivity index (χ4v) is 4.14. The largest absolute Gasteiger partial charge is 0.364 e. The number of ether oxygens (including phenoxy) is 1. The Bertz CT molecular complexity index is 1000. The third kappa shape index (κ3) is 3.73. The molecule has 8 heteroatoms. The van der Waals surface area contributed by atoms with E-state index in [1.165, 1.54) is 0 Å². The molecule has 2 N–H and O–H groups in total. The van der Waals surface area contributed by atoms with Crippen molar-refractivity contribution in [3.63, 3.8) is 0 Å². The molecule has 1 aromatic carbocycles. The molecule has 1 amide bonds. The number of nitrogens with one attached hydrogen (secondary N) is 2. The van der Waals surface area contributed by atoms with Crippen LogP contribution in [0.15, 0.2) is 30.5 Å². The van der Waals surface area contributed by atoms with Crippen molar-refractivity contribution in [3.8, 4) is 0 Å². The van der Waals surface area contributed by atoms with E-state index in [-0.39, 0.29) is 25.2 Å². The van der Waals surface area contributed by atoms with Gasteiger partial charge in [0.15, 0.2) is 5.82 Å². The van der Waals surface area contributed by atoms with Crippen molar-refractivity contribution in [1.29, 1.82) is 0 Å². The van der Waals surface area contributed by atoms with E-state index in [2.05, 4.69) is 20.3 Å². The van der Waals surface area contributed by atoms with Crippen molar-refractivity contribution < 1.29 is 9.53 Å². The second-order valence-corrected chi connectivity index (χ2v) is 7.57. The van der Waals surface area contributed by atoms with Crippen molar-refractivity contribution in [2.24, 2.45) is 0 Å². The number of hydrogen-bond acceptors (Lipinski definition) is 6. The summed E-state index contributed by atoms with van der Waals surface area (Å²) in [5.41, 5.74) is 4.13. The standard InChI is InChI=1S/C21H24N6O2/c28-20(13-29-12-19-24-16-4-1-2-5-17(16)25-19)27-9-3-6-18(27)21-23-11-14-10-22-8-7-15(14)26-21/h1-2,4-5,11,18,22H,3,6-10,12-13H2,(H,24,25)/t18-/m1/s1. The highest BCUT2D eigenvalue weighted by Crippen LogP contribution is 2.30. The molecule has 1 fully saturated rings. The van der Waals surface area contributed by atoms with E-state index in [1.54, 1.807) is 0 Å². The maximum atomic E-state index is 12.8. The van der Waals surface area contributed by atoms with Crippen molar-refractivity contribution in [2.45, 2.75) is 38.5 Å². The van der Waals surface area contributed by atoms with Gasteiger partial charge < -0.3 is 19.9 Å². The van der Waals surface area contributed by atoms with Crippen molar-refractivity contribution in [2.75, 3.05) is 19.7 Å². The summed E-state index contributed by atoms with van der Waals surface area (Å²) in [4.78, 5) is 31.7. The normalized spacial score (nSPS) is 18.9. The number of hydrogen-bond donors (Lipinski definition) is 2. The molecule has 2 aliphatic heterocycles. The predicted octanol–water partition coefficient (Wildman–Crippen LogP) is 1.88. The lowest BCUT2D eigenvalue weighted by atomic mass is 10.1. The second-order valence-electron chi connectivity index (χ2n) is 7.57. The highest BCUT2D eigenvalue weighted by atomic mass is 16.5. The molecule has 0 spiro atoms. The zero-order valence-corrected chi connectivity index (χ0v) is 16.2. The second kappa shape index (κ2) is 7.88. The van der Waals surface area contributed by atoms with Crippen LogP contribution in [0.1, 0.15) is 41.8 Å². The Morgan fingerprint density at radius 1 is 1.28 bits per heavy atom. The number of carbonyl (C=O) groups is 1. The number of aromatic nitrogens is 4. The fraction of sp³-hybridized carbons (Fsp3) is 0.429. The zero-order chi connectivity index (χ0) is 19.6. The summed E-state index contributed by atoms with van der Waals surface area (Å²) in [5, 5.41) is 3.33. The van der Waals surface area contributed by atoms with Crippen LogP contribution in [0.3, 0.4) is 0 Å². The predicted molar refractivity (Wildman–Crippen MR) is 107 cm³/mol. The Kier molecular flexibility index (Phi) is 4.95. The van der Waals surface area contributed by atoms with Gasteiger partial charge in [-0.1, -0.05) is 12.1 Å². The van der Waals surface area contributed by atoms with Crippen LogP contribution in [0.25, 0.3) is 11.0 Å². The summed E-state index contributed by atoms with van der Waals surface area (Å²) in [7, 11) is 0. The molecule has 150 valence electrons. The Balaban J connectivity index is 1.22. The van der Waals surface area contributed by atoms with E-state index < -0.39 is 0 Å². The third-order valence-electron chi connectivity index (χ3n) is 5.60. The molecule has 29 heavy (non-hydrogen) atoms. The molecule has 0 unspecified atom stereocenters. The number of H-pyrrole nitrogens is 1. The highest BCUT2D eigenvalue weighted by molar-refractivity contribution is 5.78. The van der Waals surface area contributed by atoms with E-state index in [9.17, 15) is 4.79 Å². The van der Waals surface area contributed by atoms with Crippen LogP contribution < -0.4 is 5.32 Å². The van der Waals surface area contributed by atoms with E-state index in [1.807, 2.05) is 35.4 Å². The molecule has 1 saturated heterocycles. The lowest BCUT2D eigenvalue weighted by Crippen LogP contribution is -2.35. The van der Waals surface area contributed by atoms with Gasteiger partial charge in [0.1, 0.15) is 19.0 Å². The first-order valence-corrected chi connectivity index (χ1v) is 10.1. The number of nitrogens with zero attached hydrogens (tertiary/aromatic N) is 4. The lowest BCUT2D eigenvalue weighted by Gasteiger charge is -2.25. The van der Waals surface area contributed by atoms with Gasteiger partial charge in [0.2, 0.25) is 5.91 Å². The number of aromatic amines is 1. The molecule has 0 radical (unpaired) electrons. The van der Waals surface area contributed by atoms with E-state index in [4.69, 9.17) is 9.72 Å². The summed E-state index contributed by atoms with van der Waals surface area (Å²) in [6, 6.07) is 7.77. The lowest BCUT2D eigenvalue weighted by molar-refractivity contribution is -0.137. The van der Waals surface area contributed by atoms with Crippen LogP contribution in [0.2, 0.25) is 0 Å². The molecule has 5 rings (SSSR count). The maximum absolute atomic E-state index is 12.8. The van der Waals surface area contributed by atoms with Crippen molar-refractivity contribution in [1.82, 2.24) is 30.2 Å². The van der Waals surface area contributed by atoms with Crippen LogP contribution in [-0.2, 0) is 29.1 Å². The van der Waals surface area contributed by atoms with Crippen LogP contribution >= 0.6 is 0 Å². The quantitative estimate of drug-likeness (QED) is 0.688. The topological polar surface area (TPSA) is 96.0 Å². The summed E-state index contributed by atoms with van der Waals surface area (Å²) in [6.45, 7) is 2.79. The highest BCUT2D eigenvalue weighted by Gasteiger charge is 2.32. The number of para-hydroxylation sites is 2. The summed E-state index contributed by atoms with van der Waals surface area (Å²) in [6.07, 6.45) is 4.67. The molecular weight excluding hydrogens is 368 g/mol. The van der Waals surface area contributed by atoms with Crippen molar-refractivity contribution in [3.05, 3.63) is 53.4 Å². The number of fused-ring (bicyclic) bond motifs is 2. The van der Waals surface area contributed by atoms with Crippen molar-refractivity contribution >= 4 is 16.9 Å². The average molecular weight is 392 g/mol. The molecule has 3 aromatic rings. The molecule has 8 nitrogen and oxygen atoms in total. The Morgan fingerprint density at radius 2 is 2.21 bits per heavy atom. The number of benzene rings is 1. The minimum Gasteiger partial charge on any atom is -0.364 e. The van der Waals surface area contributed by atoms with Gasteiger partial charge in [0, 0.05) is 43.5 Å². The summed E-state index contributed by atoms with van der Waals surface area (Å²) < 4.78 is 5.66. The Hall–Kier alpha value is -2.84. The Morgan fingerprint density at radius 3 is 3.14 bits per heavy atom. The first-order chi connectivity index (χ1) is 14.3. The van der Waals surface area contributed by atoms with Gasteiger partial charge in [-0.2, -0.15) is 0 Å². The van der Waals surface area contributed by atoms with Crippen LogP contribution in [0, 0.1) is 0 Å². The first kappa shape index (κ1) is 18.2. The number of rotatable bonds is 5. The van der Waals surface area contributed by atoms with E-state index >= 15 is 0 Å². The first-order valence-electron chi connectivity index (χ1n) is 10.1. The maximum Gasteiger partial charge on any atom is 0.249 e. The van der Waals surface area contributed by atoms with E-state index in [0.29, 0.717) is 0 Å². The molecular formula is C21H24N6O2. The van der Waals surface area contributed by atoms with Crippen LogP contribution in [0.5, 0.6) is 0 Å². The number of carbonyl (C=O) groups excluding carboxylic acids is 1. The molecule has 0 aliphatic carbocycles. The number of imidazole rings is 1. The van der Waals surface area contributed by atoms with Gasteiger partial charge in [-0.25, -0.2) is 15.0 Å². The number of likely N-dealkylation sites (tertiary alicyclic amines) is 1. The summed E-state index contributed by atoms with van der Waals surface area (Å²) in [5.74, 6) is 1.46. The van der Waals surface area contributed by atoms with E-state index in [0.717, 1.165) is 72.8 Å². The number of amides is 1. The molecule has 2 aromatic heterocycles. The van der Waals surface area contributed by atoms with Gasteiger partial charge in [-0.05, 0) is 25.0 Å². The molecule has 0 saturated carbocycles. The average Bonchev–Trinajstić information content (AvgIpc) is 3.40. The third-order valence-corrected chi connectivity index (χ3v) is 5.60. The molecule has 0 bridgehead atoms. The Labute approximate surface area is 168 Å². The zero-order valence-electron chi connectivity index (χ0n) is 16.2. The van der Waals surface area contributed by atoms with Crippen LogP contribution in [0.4, 0.5) is 0 Å². The van der Waals surface area contributed by atoms with Gasteiger partial charge in [-0.3, -0.25) is 4.79 Å². The monoisotopic (exact) mass is 392 g/mol. The minimum absolute atomic E-state index is 0.0217. The smallest absolute Gasteiger partial charge is 0.249 e. The summed E-state index contributed by atoms with van der Waals surface area (Å²) >= 11 is 0.